The van der Waals surface area contributed by atoms with Crippen LogP contribution in [-0.2, 0) is 0 Å². The van der Waals surface area contributed by atoms with Crippen molar-refractivity contribution in [3.8, 4) is 5.75 Å². The smallest absolute Gasteiger partial charge is 0.212 e. The van der Waals surface area contributed by atoms with E-state index in [0.29, 0.717) is 5.65 Å². The van der Waals surface area contributed by atoms with Gasteiger partial charge in [0, 0.05) is 5.22 Å². The fraction of sp³-hybridized carbons (Fsp3) is 0.214. The molecule has 2 heterocycles. The van der Waals surface area contributed by atoms with E-state index in [4.69, 9.17) is 23.2 Å². The van der Waals surface area contributed by atoms with Gasteiger partial charge in [-0.25, -0.2) is 0 Å². The SMILES string of the molecule is CCSc1nnc2/c(=C\c3cc(Cl)c(O)c(Cl)c3)c(C)nn12. The number of phenolic OH excluding ortho intramolecular Hbond substituents is 1. The number of hydrogen-bond acceptors (Lipinski definition) is 5. The van der Waals surface area contributed by atoms with Crippen molar-refractivity contribution in [1.82, 2.24) is 19.8 Å². The van der Waals surface area contributed by atoms with Crippen LogP contribution in [0, 0.1) is 6.92 Å². The number of thioether (sulfide) groups is 1. The molecule has 1 aromatic carbocycles. The molecule has 0 aliphatic heterocycles. The number of benzene rings is 1. The molecule has 0 unspecified atom stereocenters. The van der Waals surface area contributed by atoms with Gasteiger partial charge < -0.3 is 5.11 Å². The number of hydrogen-bond donors (Lipinski definition) is 1. The van der Waals surface area contributed by atoms with Crippen molar-refractivity contribution in [2.24, 2.45) is 0 Å². The van der Waals surface area contributed by atoms with Gasteiger partial charge in [-0.15, -0.1) is 10.2 Å². The third-order valence-electron chi connectivity index (χ3n) is 3.12. The Labute approximate surface area is 140 Å². The average Bonchev–Trinajstić information content (AvgIpc) is 2.98. The van der Waals surface area contributed by atoms with Gasteiger partial charge in [-0.1, -0.05) is 41.9 Å². The van der Waals surface area contributed by atoms with E-state index in [1.807, 2.05) is 13.0 Å². The first-order chi connectivity index (χ1) is 10.5. The molecule has 0 amide bonds. The van der Waals surface area contributed by atoms with Crippen LogP contribution in [0.25, 0.3) is 11.7 Å². The molecule has 3 rings (SSSR count). The molecule has 0 bridgehead atoms. The molecule has 114 valence electrons. The van der Waals surface area contributed by atoms with Gasteiger partial charge in [-0.3, -0.25) is 0 Å². The minimum atomic E-state index is -0.118. The van der Waals surface area contributed by atoms with Crippen LogP contribution in [0.4, 0.5) is 0 Å². The molecule has 0 saturated heterocycles. The second-order valence-corrected chi connectivity index (χ2v) is 6.67. The first kappa shape index (κ1) is 15.4. The second-order valence-electron chi connectivity index (χ2n) is 4.63. The van der Waals surface area contributed by atoms with Crippen molar-refractivity contribution in [2.45, 2.75) is 19.0 Å². The van der Waals surface area contributed by atoms with Crippen molar-refractivity contribution >= 4 is 46.7 Å². The average molecular weight is 355 g/mol. The summed E-state index contributed by atoms with van der Waals surface area (Å²) in [7, 11) is 0. The number of aromatic hydroxyl groups is 1. The Balaban J connectivity index is 2.19. The summed E-state index contributed by atoms with van der Waals surface area (Å²) in [6, 6.07) is 3.29. The van der Waals surface area contributed by atoms with Crippen LogP contribution in [-0.4, -0.2) is 30.7 Å². The van der Waals surface area contributed by atoms with Crippen molar-refractivity contribution in [2.75, 3.05) is 5.75 Å². The summed E-state index contributed by atoms with van der Waals surface area (Å²) in [6.45, 7) is 3.96. The predicted molar refractivity (Wildman–Crippen MR) is 88.8 cm³/mol. The van der Waals surface area contributed by atoms with Crippen molar-refractivity contribution in [3.05, 3.63) is 38.7 Å². The molecule has 0 radical (unpaired) electrons. The monoisotopic (exact) mass is 354 g/mol. The third kappa shape index (κ3) is 2.62. The Kier molecular flexibility index (Phi) is 4.16. The van der Waals surface area contributed by atoms with E-state index >= 15 is 0 Å². The van der Waals surface area contributed by atoms with Gasteiger partial charge in [0.05, 0.1) is 15.7 Å². The summed E-state index contributed by atoms with van der Waals surface area (Å²) in [4.78, 5) is 0. The van der Waals surface area contributed by atoms with Gasteiger partial charge >= 0.3 is 0 Å². The van der Waals surface area contributed by atoms with E-state index in [1.54, 1.807) is 28.4 Å². The Morgan fingerprint density at radius 1 is 1.27 bits per heavy atom. The predicted octanol–water partition coefficient (Wildman–Crippen LogP) is 3.10. The van der Waals surface area contributed by atoms with E-state index < -0.39 is 0 Å². The van der Waals surface area contributed by atoms with Gasteiger partial charge in [0.25, 0.3) is 0 Å². The third-order valence-corrected chi connectivity index (χ3v) is 4.49. The molecule has 8 heteroatoms. The zero-order valence-electron chi connectivity index (χ0n) is 11.8. The summed E-state index contributed by atoms with van der Waals surface area (Å²) in [5.74, 6) is 0.779. The van der Waals surface area contributed by atoms with Crippen LogP contribution in [0.2, 0.25) is 10.0 Å². The molecule has 2 aromatic heterocycles. The van der Waals surface area contributed by atoms with Gasteiger partial charge in [0.1, 0.15) is 0 Å². The molecule has 0 saturated carbocycles. The zero-order chi connectivity index (χ0) is 15.9. The number of nitrogens with zero attached hydrogens (tertiary/aromatic N) is 4. The summed E-state index contributed by atoms with van der Waals surface area (Å²) in [5.41, 5.74) is 2.29. The van der Waals surface area contributed by atoms with E-state index in [9.17, 15) is 5.11 Å². The highest BCUT2D eigenvalue weighted by molar-refractivity contribution is 7.99. The van der Waals surface area contributed by atoms with Crippen molar-refractivity contribution < 1.29 is 5.11 Å². The molecule has 3 aromatic rings. The topological polar surface area (TPSA) is 63.3 Å². The molecular weight excluding hydrogens is 343 g/mol. The van der Waals surface area contributed by atoms with Crippen molar-refractivity contribution in [3.63, 3.8) is 0 Å². The number of rotatable bonds is 3. The van der Waals surface area contributed by atoms with Crippen LogP contribution in [0.1, 0.15) is 18.2 Å². The standard InChI is InChI=1S/C14H12Cl2N4OS/c1-3-22-14-18-17-13-9(7(2)19-20(13)14)4-8-5-10(15)12(21)11(16)6-8/h4-6,21H,3H2,1-2H3/b9-4-. The largest absolute Gasteiger partial charge is 0.505 e. The summed E-state index contributed by atoms with van der Waals surface area (Å²) >= 11 is 13.5. The quantitative estimate of drug-likeness (QED) is 0.732. The molecule has 0 aliphatic carbocycles. The molecule has 0 atom stereocenters. The zero-order valence-corrected chi connectivity index (χ0v) is 14.2. The first-order valence-electron chi connectivity index (χ1n) is 6.55. The minimum Gasteiger partial charge on any atom is -0.505 e. The molecule has 0 aliphatic rings. The van der Waals surface area contributed by atoms with Gasteiger partial charge in [-0.2, -0.15) is 9.61 Å². The lowest BCUT2D eigenvalue weighted by Gasteiger charge is -2.01. The highest BCUT2D eigenvalue weighted by Gasteiger charge is 2.12. The van der Waals surface area contributed by atoms with Crippen LogP contribution in [0.3, 0.4) is 0 Å². The van der Waals surface area contributed by atoms with E-state index in [2.05, 4.69) is 22.2 Å². The van der Waals surface area contributed by atoms with Crippen LogP contribution < -0.4 is 5.22 Å². The number of halogens is 2. The minimum absolute atomic E-state index is 0.118. The summed E-state index contributed by atoms with van der Waals surface area (Å²) < 4.78 is 1.74. The molecule has 0 spiro atoms. The Hall–Kier alpha value is -1.50. The van der Waals surface area contributed by atoms with Gasteiger partial charge in [-0.05, 0) is 36.4 Å². The first-order valence-corrected chi connectivity index (χ1v) is 8.29. The number of aromatic nitrogens is 4. The maximum atomic E-state index is 9.63. The molecule has 1 N–H and O–H groups in total. The van der Waals surface area contributed by atoms with Crippen LogP contribution >= 0.6 is 35.0 Å². The second kappa shape index (κ2) is 5.95. The fourth-order valence-electron chi connectivity index (χ4n) is 2.11. The lowest BCUT2D eigenvalue weighted by molar-refractivity contribution is 0.476. The van der Waals surface area contributed by atoms with Gasteiger partial charge in [0.15, 0.2) is 11.4 Å². The highest BCUT2D eigenvalue weighted by atomic mass is 35.5. The lowest BCUT2D eigenvalue weighted by atomic mass is 10.1. The Morgan fingerprint density at radius 2 is 1.95 bits per heavy atom. The van der Waals surface area contributed by atoms with Crippen LogP contribution in [0.15, 0.2) is 17.3 Å². The lowest BCUT2D eigenvalue weighted by Crippen LogP contribution is -2.03. The maximum Gasteiger partial charge on any atom is 0.212 e. The molecule has 0 fully saturated rings. The van der Waals surface area contributed by atoms with E-state index in [-0.39, 0.29) is 15.8 Å². The normalized spacial score (nSPS) is 12.5. The number of aryl methyl sites for hydroxylation is 1. The van der Waals surface area contributed by atoms with E-state index in [1.165, 1.54) is 0 Å². The summed E-state index contributed by atoms with van der Waals surface area (Å²) in [6.07, 6.45) is 1.88. The summed E-state index contributed by atoms with van der Waals surface area (Å²) in [5, 5.41) is 24.5. The molecule has 5 nitrogen and oxygen atoms in total. The fourth-order valence-corrected chi connectivity index (χ4v) is 3.22. The van der Waals surface area contributed by atoms with E-state index in [0.717, 1.165) is 27.4 Å². The molecular formula is C14H12Cl2N4OS. The number of phenols is 1. The van der Waals surface area contributed by atoms with Gasteiger partial charge in [0.2, 0.25) is 5.16 Å². The Morgan fingerprint density at radius 3 is 2.59 bits per heavy atom. The Bertz CT molecular complexity index is 886. The van der Waals surface area contributed by atoms with Crippen LogP contribution in [0.5, 0.6) is 5.75 Å². The van der Waals surface area contributed by atoms with Crippen molar-refractivity contribution in [1.29, 1.82) is 0 Å². The highest BCUT2D eigenvalue weighted by Crippen LogP contribution is 2.32. The molecule has 22 heavy (non-hydrogen) atoms. The number of fused-ring (bicyclic) bond motifs is 1. The maximum absolute atomic E-state index is 9.63.